The topological polar surface area (TPSA) is 96.0 Å². The number of rotatable bonds is 3. The molecule has 0 aliphatic heterocycles. The summed E-state index contributed by atoms with van der Waals surface area (Å²) >= 11 is 0. The Labute approximate surface area is 104 Å². The van der Waals surface area contributed by atoms with Crippen LogP contribution >= 0.6 is 0 Å². The quantitative estimate of drug-likeness (QED) is 0.908. The van der Waals surface area contributed by atoms with E-state index in [2.05, 4.69) is 14.4 Å². The number of hydrogen-bond acceptors (Lipinski definition) is 5. The van der Waals surface area contributed by atoms with Gasteiger partial charge in [-0.05, 0) is 30.7 Å². The van der Waals surface area contributed by atoms with Crippen molar-refractivity contribution in [3.63, 3.8) is 0 Å². The van der Waals surface area contributed by atoms with Gasteiger partial charge in [-0.2, -0.15) is 5.26 Å². The Hall–Kier alpha value is -2.33. The predicted molar refractivity (Wildman–Crippen MR) is 63.2 cm³/mol. The van der Waals surface area contributed by atoms with E-state index >= 15 is 0 Å². The molecule has 18 heavy (non-hydrogen) atoms. The number of nitrogens with one attached hydrogen (secondary N) is 1. The fourth-order valence-electron chi connectivity index (χ4n) is 1.40. The minimum absolute atomic E-state index is 0.0835. The summed E-state index contributed by atoms with van der Waals surface area (Å²) in [5.41, 5.74) is 1.29. The lowest BCUT2D eigenvalue weighted by atomic mass is 10.1. The van der Waals surface area contributed by atoms with Crippen LogP contribution in [0.1, 0.15) is 11.1 Å². The lowest BCUT2D eigenvalue weighted by Crippen LogP contribution is -2.12. The summed E-state index contributed by atoms with van der Waals surface area (Å²) < 4.78 is 30.8. The second kappa shape index (κ2) is 4.50. The fourth-order valence-corrected chi connectivity index (χ4v) is 2.51. The Morgan fingerprint density at radius 2 is 2.22 bits per heavy atom. The standard InChI is InChI=1S/C11H9N3O3S/c1-8-4-11(3-2-9(8)5-12)18(15,16)14-10-6-13-17-7-10/h2-4,6-7,14H,1H3. The third kappa shape index (κ3) is 2.33. The molecule has 0 spiro atoms. The van der Waals surface area contributed by atoms with Gasteiger partial charge in [-0.15, -0.1) is 0 Å². The second-order valence-electron chi connectivity index (χ2n) is 3.61. The van der Waals surface area contributed by atoms with Crippen molar-refractivity contribution >= 4 is 15.7 Å². The van der Waals surface area contributed by atoms with Crippen LogP contribution in [0.5, 0.6) is 0 Å². The van der Waals surface area contributed by atoms with Gasteiger partial charge in [0, 0.05) is 0 Å². The number of nitrogens with zero attached hydrogens (tertiary/aromatic N) is 2. The minimum atomic E-state index is -3.69. The lowest BCUT2D eigenvalue weighted by Gasteiger charge is -2.06. The van der Waals surface area contributed by atoms with E-state index in [-0.39, 0.29) is 10.6 Å². The zero-order valence-corrected chi connectivity index (χ0v) is 10.2. The second-order valence-corrected chi connectivity index (χ2v) is 5.29. The number of hydrogen-bond donors (Lipinski definition) is 1. The Morgan fingerprint density at radius 1 is 1.44 bits per heavy atom. The predicted octanol–water partition coefficient (Wildman–Crippen LogP) is 1.66. The molecule has 0 unspecified atom stereocenters. The third-order valence-electron chi connectivity index (χ3n) is 2.31. The van der Waals surface area contributed by atoms with Gasteiger partial charge in [0.1, 0.15) is 12.0 Å². The Balaban J connectivity index is 2.36. The Bertz CT molecular complexity index is 700. The molecule has 0 fully saturated rings. The summed E-state index contributed by atoms with van der Waals surface area (Å²) in [5.74, 6) is 0. The van der Waals surface area contributed by atoms with Gasteiger partial charge in [-0.25, -0.2) is 8.42 Å². The maximum absolute atomic E-state index is 12.0. The van der Waals surface area contributed by atoms with Gasteiger partial charge in [0.15, 0.2) is 0 Å². The van der Waals surface area contributed by atoms with Crippen LogP contribution in [0.15, 0.2) is 40.1 Å². The van der Waals surface area contributed by atoms with Gasteiger partial charge in [-0.1, -0.05) is 5.16 Å². The SMILES string of the molecule is Cc1cc(S(=O)(=O)Nc2cnoc2)ccc1C#N. The van der Waals surface area contributed by atoms with E-state index in [0.717, 1.165) is 0 Å². The highest BCUT2D eigenvalue weighted by atomic mass is 32.2. The first-order chi connectivity index (χ1) is 8.53. The van der Waals surface area contributed by atoms with Gasteiger partial charge in [0.25, 0.3) is 10.0 Å². The van der Waals surface area contributed by atoms with E-state index in [1.54, 1.807) is 6.92 Å². The van der Waals surface area contributed by atoms with Gasteiger partial charge >= 0.3 is 0 Å². The van der Waals surface area contributed by atoms with Gasteiger partial charge in [0.2, 0.25) is 0 Å². The van der Waals surface area contributed by atoms with Crippen molar-refractivity contribution in [3.8, 4) is 6.07 Å². The van der Waals surface area contributed by atoms with E-state index < -0.39 is 10.0 Å². The van der Waals surface area contributed by atoms with E-state index in [1.165, 1.54) is 30.7 Å². The van der Waals surface area contributed by atoms with E-state index in [1.807, 2.05) is 6.07 Å². The summed E-state index contributed by atoms with van der Waals surface area (Å²) in [7, 11) is -3.69. The average molecular weight is 263 g/mol. The molecular formula is C11H9N3O3S. The summed E-state index contributed by atoms with van der Waals surface area (Å²) in [6.45, 7) is 1.68. The van der Waals surface area contributed by atoms with E-state index in [9.17, 15) is 8.42 Å². The van der Waals surface area contributed by atoms with Crippen LogP contribution in [0, 0.1) is 18.3 Å². The van der Waals surface area contributed by atoms with Crippen molar-refractivity contribution in [2.75, 3.05) is 4.72 Å². The van der Waals surface area contributed by atoms with Crippen molar-refractivity contribution in [2.24, 2.45) is 0 Å². The first kappa shape index (κ1) is 12.1. The molecule has 0 atom stereocenters. The molecule has 0 saturated heterocycles. The molecule has 1 aromatic carbocycles. The molecular weight excluding hydrogens is 254 g/mol. The number of aromatic nitrogens is 1. The zero-order chi connectivity index (χ0) is 13.2. The number of nitriles is 1. The largest absolute Gasteiger partial charge is 0.362 e. The Morgan fingerprint density at radius 3 is 2.78 bits per heavy atom. The number of benzene rings is 1. The van der Waals surface area contributed by atoms with Crippen LogP contribution in [0.3, 0.4) is 0 Å². The normalized spacial score (nSPS) is 10.9. The molecule has 1 N–H and O–H groups in total. The third-order valence-corrected chi connectivity index (χ3v) is 3.69. The average Bonchev–Trinajstić information content (AvgIpc) is 2.81. The highest BCUT2D eigenvalue weighted by molar-refractivity contribution is 7.92. The summed E-state index contributed by atoms with van der Waals surface area (Å²) in [4.78, 5) is 0.0835. The van der Waals surface area contributed by atoms with E-state index in [0.29, 0.717) is 11.1 Å². The molecule has 0 bridgehead atoms. The Kier molecular flexibility index (Phi) is 3.04. The smallest absolute Gasteiger partial charge is 0.262 e. The van der Waals surface area contributed by atoms with Crippen LogP contribution in [0.4, 0.5) is 5.69 Å². The van der Waals surface area contributed by atoms with Crippen molar-refractivity contribution < 1.29 is 12.9 Å². The van der Waals surface area contributed by atoms with Gasteiger partial charge < -0.3 is 4.52 Å². The van der Waals surface area contributed by atoms with Crippen LogP contribution in [0.25, 0.3) is 0 Å². The van der Waals surface area contributed by atoms with Crippen molar-refractivity contribution in [3.05, 3.63) is 41.8 Å². The molecule has 0 amide bonds. The molecule has 92 valence electrons. The zero-order valence-electron chi connectivity index (χ0n) is 9.41. The molecule has 1 heterocycles. The van der Waals surface area contributed by atoms with Crippen molar-refractivity contribution in [1.82, 2.24) is 5.16 Å². The van der Waals surface area contributed by atoms with Crippen molar-refractivity contribution in [2.45, 2.75) is 11.8 Å². The number of sulfonamides is 1. The maximum Gasteiger partial charge on any atom is 0.262 e. The van der Waals surface area contributed by atoms with Crippen LogP contribution in [0.2, 0.25) is 0 Å². The van der Waals surface area contributed by atoms with Gasteiger partial charge in [0.05, 0.1) is 22.7 Å². The minimum Gasteiger partial charge on any atom is -0.362 e. The maximum atomic E-state index is 12.0. The van der Waals surface area contributed by atoms with Gasteiger partial charge in [-0.3, -0.25) is 4.72 Å². The fraction of sp³-hybridized carbons (Fsp3) is 0.0909. The summed E-state index contributed by atoms with van der Waals surface area (Å²) in [6, 6.07) is 6.26. The molecule has 2 rings (SSSR count). The highest BCUT2D eigenvalue weighted by Crippen LogP contribution is 2.18. The van der Waals surface area contributed by atoms with Crippen LogP contribution < -0.4 is 4.72 Å². The lowest BCUT2D eigenvalue weighted by molar-refractivity contribution is 0.420. The van der Waals surface area contributed by atoms with Crippen molar-refractivity contribution in [1.29, 1.82) is 5.26 Å². The summed E-state index contributed by atoms with van der Waals surface area (Å²) in [6.07, 6.45) is 2.45. The molecule has 7 heteroatoms. The molecule has 2 aromatic rings. The summed E-state index contributed by atoms with van der Waals surface area (Å²) in [5, 5.41) is 12.2. The number of anilines is 1. The first-order valence-corrected chi connectivity index (χ1v) is 6.44. The molecule has 0 saturated carbocycles. The molecule has 0 aliphatic rings. The molecule has 1 aromatic heterocycles. The first-order valence-electron chi connectivity index (χ1n) is 4.96. The number of aryl methyl sites for hydroxylation is 1. The van der Waals surface area contributed by atoms with Crippen LogP contribution in [-0.4, -0.2) is 13.6 Å². The monoisotopic (exact) mass is 263 g/mol. The molecule has 0 aliphatic carbocycles. The van der Waals surface area contributed by atoms with Crippen LogP contribution in [-0.2, 0) is 10.0 Å². The highest BCUT2D eigenvalue weighted by Gasteiger charge is 2.16. The molecule has 6 nitrogen and oxygen atoms in total. The molecule has 0 radical (unpaired) electrons. The van der Waals surface area contributed by atoms with E-state index in [4.69, 9.17) is 5.26 Å².